The first-order valence-electron chi connectivity index (χ1n) is 10.9. The highest BCUT2D eigenvalue weighted by Gasteiger charge is 2.57. The molecule has 0 bridgehead atoms. The van der Waals surface area contributed by atoms with E-state index >= 15 is 0 Å². The van der Waals surface area contributed by atoms with Crippen LogP contribution < -0.4 is 4.90 Å². The maximum absolute atomic E-state index is 13.3. The fraction of sp³-hybridized carbons (Fsp3) is 0.640. The number of anilines is 1. The molecule has 1 N–H and O–H groups in total. The highest BCUT2D eigenvalue weighted by molar-refractivity contribution is 6.03. The van der Waals surface area contributed by atoms with Gasteiger partial charge in [-0.15, -0.1) is 0 Å². The van der Waals surface area contributed by atoms with Crippen molar-refractivity contribution in [2.75, 3.05) is 19.0 Å². The summed E-state index contributed by atoms with van der Waals surface area (Å²) >= 11 is 0. The van der Waals surface area contributed by atoms with Crippen LogP contribution >= 0.6 is 0 Å². The molecule has 0 unspecified atom stereocenters. The lowest BCUT2D eigenvalue weighted by Crippen LogP contribution is -2.56. The zero-order valence-corrected chi connectivity index (χ0v) is 20.7. The molecule has 0 aromatic heterocycles. The topological polar surface area (TPSA) is 93.1 Å². The number of carbonyl (C=O) groups excluding carboxylic acids is 3. The van der Waals surface area contributed by atoms with E-state index in [0.29, 0.717) is 5.56 Å². The third kappa shape index (κ3) is 6.09. The summed E-state index contributed by atoms with van der Waals surface area (Å²) in [4.78, 5) is 41.5. The predicted molar refractivity (Wildman–Crippen MR) is 122 cm³/mol. The first kappa shape index (κ1) is 25.8. The van der Waals surface area contributed by atoms with Crippen LogP contribution in [0.5, 0.6) is 0 Å². The summed E-state index contributed by atoms with van der Waals surface area (Å²) in [6.45, 7) is 11.8. The number of carbonyl (C=O) groups is 3. The Kier molecular flexibility index (Phi) is 7.15. The van der Waals surface area contributed by atoms with Crippen LogP contribution in [0.2, 0.25) is 0 Å². The van der Waals surface area contributed by atoms with Crippen LogP contribution in [-0.2, 0) is 23.9 Å². The largest absolute Gasteiger partial charge is 0.460 e. The van der Waals surface area contributed by atoms with Crippen molar-refractivity contribution < 1.29 is 29.0 Å². The smallest absolute Gasteiger partial charge is 0.317 e. The van der Waals surface area contributed by atoms with Gasteiger partial charge in [0.2, 0.25) is 0 Å². The Hall–Kier alpha value is -2.41. The molecule has 7 nitrogen and oxygen atoms in total. The molecule has 1 aromatic rings. The molecule has 0 aliphatic heterocycles. The third-order valence-corrected chi connectivity index (χ3v) is 5.38. The molecule has 0 radical (unpaired) electrons. The Morgan fingerprint density at radius 3 is 1.88 bits per heavy atom. The second kappa shape index (κ2) is 8.85. The molecule has 7 heteroatoms. The van der Waals surface area contributed by atoms with Crippen molar-refractivity contribution in [2.45, 2.75) is 77.6 Å². The van der Waals surface area contributed by atoms with E-state index < -0.39 is 52.3 Å². The highest BCUT2D eigenvalue weighted by atomic mass is 16.6. The van der Waals surface area contributed by atoms with Gasteiger partial charge in [0.25, 0.3) is 0 Å². The molecule has 32 heavy (non-hydrogen) atoms. The molecule has 178 valence electrons. The van der Waals surface area contributed by atoms with Crippen molar-refractivity contribution in [3.63, 3.8) is 0 Å². The van der Waals surface area contributed by atoms with Crippen molar-refractivity contribution in [1.82, 2.24) is 0 Å². The first-order chi connectivity index (χ1) is 14.4. The molecule has 1 saturated carbocycles. The maximum atomic E-state index is 13.3. The number of hydrogen-bond donors (Lipinski definition) is 1. The van der Waals surface area contributed by atoms with E-state index in [1.165, 1.54) is 6.92 Å². The number of esters is 2. The van der Waals surface area contributed by atoms with Crippen molar-refractivity contribution in [2.24, 2.45) is 11.8 Å². The summed E-state index contributed by atoms with van der Waals surface area (Å²) < 4.78 is 11.2. The number of nitrogens with zero attached hydrogens (tertiary/aromatic N) is 1. The van der Waals surface area contributed by atoms with E-state index in [9.17, 15) is 19.5 Å². The van der Waals surface area contributed by atoms with E-state index in [4.69, 9.17) is 9.47 Å². The minimum Gasteiger partial charge on any atom is -0.460 e. The number of ether oxygens (including phenoxy) is 2. The van der Waals surface area contributed by atoms with Crippen LogP contribution in [0.3, 0.4) is 0 Å². The zero-order valence-electron chi connectivity index (χ0n) is 20.7. The van der Waals surface area contributed by atoms with Gasteiger partial charge in [-0.25, -0.2) is 0 Å². The summed E-state index contributed by atoms with van der Waals surface area (Å²) in [5.74, 6) is -5.07. The number of aliphatic hydroxyl groups is 1. The van der Waals surface area contributed by atoms with Crippen LogP contribution in [0.25, 0.3) is 0 Å². The Morgan fingerprint density at radius 2 is 1.44 bits per heavy atom. The van der Waals surface area contributed by atoms with E-state index in [0.717, 1.165) is 5.69 Å². The third-order valence-electron chi connectivity index (χ3n) is 5.38. The lowest BCUT2D eigenvalue weighted by atomic mass is 9.61. The van der Waals surface area contributed by atoms with Crippen LogP contribution in [0.1, 0.15) is 66.4 Å². The van der Waals surface area contributed by atoms with E-state index in [2.05, 4.69) is 0 Å². The highest BCUT2D eigenvalue weighted by Crippen LogP contribution is 2.47. The van der Waals surface area contributed by atoms with E-state index in [1.807, 2.05) is 31.1 Å². The lowest BCUT2D eigenvalue weighted by molar-refractivity contribution is -0.182. The standard InChI is InChI=1S/C25H37NO6/c1-23(2,3)31-21(28)19-17(27)14-25(7,30)20(22(29)32-24(4,5)6)18(19)15-10-12-16(13-11-15)26(8)9/h10-13,18-20,30H,14H2,1-9H3/t18-,19+,20-,25+/m0/s1. The molecule has 0 saturated heterocycles. The molecule has 0 heterocycles. The fourth-order valence-electron chi connectivity index (χ4n) is 4.14. The van der Waals surface area contributed by atoms with Gasteiger partial charge in [0.15, 0.2) is 5.78 Å². The fourth-order valence-corrected chi connectivity index (χ4v) is 4.14. The van der Waals surface area contributed by atoms with Gasteiger partial charge in [0, 0.05) is 32.1 Å². The molecule has 0 amide bonds. The molecule has 1 fully saturated rings. The summed E-state index contributed by atoms with van der Waals surface area (Å²) in [7, 11) is 3.80. The van der Waals surface area contributed by atoms with Gasteiger partial charge < -0.3 is 19.5 Å². The minimum absolute atomic E-state index is 0.340. The summed E-state index contributed by atoms with van der Waals surface area (Å²) in [5.41, 5.74) is -1.77. The number of benzene rings is 1. The summed E-state index contributed by atoms with van der Waals surface area (Å²) in [6, 6.07) is 7.26. The van der Waals surface area contributed by atoms with Gasteiger partial charge in [0.05, 0.1) is 11.5 Å². The predicted octanol–water partition coefficient (Wildman–Crippen LogP) is 3.48. The van der Waals surface area contributed by atoms with Gasteiger partial charge in [-0.05, 0) is 66.2 Å². The van der Waals surface area contributed by atoms with Gasteiger partial charge in [-0.2, -0.15) is 0 Å². The van der Waals surface area contributed by atoms with Crippen molar-refractivity contribution >= 4 is 23.4 Å². The average molecular weight is 448 g/mol. The number of Topliss-reactive ketones (excluding diaryl/α,β-unsaturated/α-hetero) is 1. The average Bonchev–Trinajstić information content (AvgIpc) is 2.56. The van der Waals surface area contributed by atoms with Crippen molar-refractivity contribution in [3.05, 3.63) is 29.8 Å². The van der Waals surface area contributed by atoms with Gasteiger partial charge in [0.1, 0.15) is 17.1 Å². The summed E-state index contributed by atoms with van der Waals surface area (Å²) in [6.07, 6.45) is -0.340. The monoisotopic (exact) mass is 447 g/mol. The van der Waals surface area contributed by atoms with Crippen LogP contribution in [0, 0.1) is 11.8 Å². The van der Waals surface area contributed by atoms with E-state index in [-0.39, 0.29) is 6.42 Å². The second-order valence-electron chi connectivity index (χ2n) is 11.0. The molecule has 0 spiro atoms. The molecule has 2 rings (SSSR count). The number of hydrogen-bond acceptors (Lipinski definition) is 7. The zero-order chi connectivity index (χ0) is 24.6. The minimum atomic E-state index is -1.68. The Bertz CT molecular complexity index is 858. The van der Waals surface area contributed by atoms with Crippen molar-refractivity contribution in [1.29, 1.82) is 0 Å². The second-order valence-corrected chi connectivity index (χ2v) is 11.0. The molecular weight excluding hydrogens is 410 g/mol. The first-order valence-corrected chi connectivity index (χ1v) is 10.9. The van der Waals surface area contributed by atoms with Crippen LogP contribution in [-0.4, -0.2) is 53.7 Å². The molecule has 1 aliphatic carbocycles. The Labute approximate surface area is 191 Å². The molecule has 1 aliphatic rings. The number of ketones is 1. The van der Waals surface area contributed by atoms with E-state index in [1.54, 1.807) is 53.7 Å². The summed E-state index contributed by atoms with van der Waals surface area (Å²) in [5, 5.41) is 11.2. The normalized spacial score (nSPS) is 26.4. The number of rotatable bonds is 4. The van der Waals surface area contributed by atoms with Crippen LogP contribution in [0.15, 0.2) is 24.3 Å². The quantitative estimate of drug-likeness (QED) is 0.558. The maximum Gasteiger partial charge on any atom is 0.317 e. The Balaban J connectivity index is 2.64. The van der Waals surface area contributed by atoms with Gasteiger partial charge in [-0.3, -0.25) is 14.4 Å². The molecular formula is C25H37NO6. The Morgan fingerprint density at radius 1 is 0.969 bits per heavy atom. The van der Waals surface area contributed by atoms with Gasteiger partial charge >= 0.3 is 11.9 Å². The molecule has 4 atom stereocenters. The van der Waals surface area contributed by atoms with Crippen LogP contribution in [0.4, 0.5) is 5.69 Å². The van der Waals surface area contributed by atoms with Gasteiger partial charge in [-0.1, -0.05) is 12.1 Å². The molecule has 1 aromatic carbocycles. The van der Waals surface area contributed by atoms with Crippen molar-refractivity contribution in [3.8, 4) is 0 Å². The lowest BCUT2D eigenvalue weighted by Gasteiger charge is -2.44. The SMILES string of the molecule is CN(C)c1ccc([C@H]2[C@H](C(=O)OC(C)(C)C)C(=O)C[C@@](C)(O)[C@@H]2C(=O)OC(C)(C)C)cc1.